The SMILES string of the molecule is CC1(C)c2ccccc2C(c2cccc(-c3ncnc(-c4ccccc4)n3)c2)(c2cccc(-c3ncnc(-c4ccc(-c5cccc(-c6nc(-c7ccccc7)nc(-c7cccc(C8(c9cccc(-c%10nc(-c%11ccccc%11)nc(-c%11ccccc%11)n%10)c9)c9ccccc9C(C)(C)c9ccccc98)c7)n6)c5)cc4)n3)c2)c2ccccc21. The van der Waals surface area contributed by atoms with Gasteiger partial charge in [-0.3, -0.25) is 0 Å². The molecule has 0 atom stereocenters. The summed E-state index contributed by atoms with van der Waals surface area (Å²) in [5, 5.41) is 0. The van der Waals surface area contributed by atoms with Gasteiger partial charge in [0.15, 0.2) is 58.2 Å². The zero-order chi connectivity index (χ0) is 78.0. The molecule has 18 aromatic rings. The Bertz CT molecular complexity index is 6630. The zero-order valence-corrected chi connectivity index (χ0v) is 64.2. The summed E-state index contributed by atoms with van der Waals surface area (Å²) in [6, 6.07) is 128. The molecule has 0 N–H and O–H groups in total. The molecule has 12 nitrogen and oxygen atoms in total. The summed E-state index contributed by atoms with van der Waals surface area (Å²) in [4.78, 5) is 61.1. The maximum atomic E-state index is 5.46. The summed E-state index contributed by atoms with van der Waals surface area (Å²) in [6.45, 7) is 9.34. The molecule has 0 saturated carbocycles. The molecule has 116 heavy (non-hydrogen) atoms. The van der Waals surface area contributed by atoms with Crippen molar-refractivity contribution >= 4 is 0 Å². The van der Waals surface area contributed by atoms with E-state index in [9.17, 15) is 0 Å². The van der Waals surface area contributed by atoms with E-state index in [1.807, 2.05) is 109 Å². The minimum absolute atomic E-state index is 0.311. The highest BCUT2D eigenvalue weighted by atomic mass is 15.1. The van der Waals surface area contributed by atoms with Crippen molar-refractivity contribution in [2.75, 3.05) is 0 Å². The maximum Gasteiger partial charge on any atom is 0.164 e. The lowest BCUT2D eigenvalue weighted by Crippen LogP contribution is -2.41. The Kier molecular flexibility index (Phi) is 17.4. The summed E-state index contributed by atoms with van der Waals surface area (Å²) in [7, 11) is 0. The number of hydrogen-bond acceptors (Lipinski definition) is 12. The summed E-state index contributed by atoms with van der Waals surface area (Å²) >= 11 is 0. The Labute approximate surface area is 673 Å². The lowest BCUT2D eigenvalue weighted by Gasteiger charge is -2.48. The third kappa shape index (κ3) is 12.1. The first-order chi connectivity index (χ1) is 57.0. The third-order valence-corrected chi connectivity index (χ3v) is 23.4. The van der Waals surface area contributed by atoms with Gasteiger partial charge in [-0.2, -0.15) is 0 Å². The van der Waals surface area contributed by atoms with Gasteiger partial charge in [0.1, 0.15) is 12.7 Å². The molecule has 14 aromatic carbocycles. The van der Waals surface area contributed by atoms with Crippen LogP contribution < -0.4 is 0 Å². The molecule has 0 aliphatic heterocycles. The van der Waals surface area contributed by atoms with Crippen molar-refractivity contribution in [3.8, 4) is 125 Å². The maximum absolute atomic E-state index is 5.46. The van der Waals surface area contributed by atoms with Crippen LogP contribution in [0.3, 0.4) is 0 Å². The molecule has 0 unspecified atom stereocenters. The van der Waals surface area contributed by atoms with Crippen molar-refractivity contribution in [1.29, 1.82) is 0 Å². The first-order valence-electron chi connectivity index (χ1n) is 39.1. The fraction of sp³-hybridized carbons (Fsp3) is 0.0769. The number of aromatic nitrogens is 12. The average Bonchev–Trinajstić information content (AvgIpc) is 0.693. The molecule has 4 aromatic heterocycles. The Morgan fingerprint density at radius 1 is 0.155 bits per heavy atom. The first-order valence-corrected chi connectivity index (χ1v) is 39.1. The molecule has 0 spiro atoms. The second-order valence-electron chi connectivity index (χ2n) is 30.8. The molecule has 2 aliphatic carbocycles. The first kappa shape index (κ1) is 70.3. The van der Waals surface area contributed by atoms with Crippen molar-refractivity contribution in [2.24, 2.45) is 0 Å². The highest BCUT2D eigenvalue weighted by Crippen LogP contribution is 2.59. The summed E-state index contributed by atoms with van der Waals surface area (Å²) in [5.41, 5.74) is 22.3. The van der Waals surface area contributed by atoms with Crippen LogP contribution in [0, 0.1) is 0 Å². The van der Waals surface area contributed by atoms with Crippen LogP contribution in [0.25, 0.3) is 125 Å². The van der Waals surface area contributed by atoms with Crippen LogP contribution in [0.5, 0.6) is 0 Å². The van der Waals surface area contributed by atoms with Gasteiger partial charge < -0.3 is 0 Å². The highest BCUT2D eigenvalue weighted by Gasteiger charge is 2.51. The van der Waals surface area contributed by atoms with Crippen LogP contribution in [0.15, 0.2) is 377 Å². The van der Waals surface area contributed by atoms with E-state index in [0.29, 0.717) is 58.2 Å². The van der Waals surface area contributed by atoms with Crippen LogP contribution in [-0.2, 0) is 21.7 Å². The van der Waals surface area contributed by atoms with Gasteiger partial charge in [-0.25, -0.2) is 59.8 Å². The number of benzene rings is 14. The molecule has 550 valence electrons. The van der Waals surface area contributed by atoms with E-state index in [0.717, 1.165) is 89.0 Å². The van der Waals surface area contributed by atoms with E-state index in [4.69, 9.17) is 54.8 Å². The van der Waals surface area contributed by atoms with Gasteiger partial charge in [0.25, 0.3) is 0 Å². The lowest BCUT2D eigenvalue weighted by molar-refractivity contribution is 0.558. The fourth-order valence-corrected chi connectivity index (χ4v) is 17.8. The predicted octanol–water partition coefficient (Wildman–Crippen LogP) is 22.8. The van der Waals surface area contributed by atoms with Crippen molar-refractivity contribution in [1.82, 2.24) is 59.8 Å². The summed E-state index contributed by atoms with van der Waals surface area (Å²) < 4.78 is 0. The normalized spacial score (nSPS) is 13.8. The van der Waals surface area contributed by atoms with Gasteiger partial charge in [-0.15, -0.1) is 0 Å². The number of hydrogen-bond donors (Lipinski definition) is 0. The molecule has 12 heteroatoms. The minimum Gasteiger partial charge on any atom is -0.217 e. The van der Waals surface area contributed by atoms with E-state index in [-0.39, 0.29) is 10.8 Å². The molecule has 4 heterocycles. The summed E-state index contributed by atoms with van der Waals surface area (Å²) in [6.07, 6.45) is 3.22. The van der Waals surface area contributed by atoms with Gasteiger partial charge in [0.05, 0.1) is 10.8 Å². The largest absolute Gasteiger partial charge is 0.217 e. The predicted molar refractivity (Wildman–Crippen MR) is 461 cm³/mol. The third-order valence-electron chi connectivity index (χ3n) is 23.4. The molecule has 2 aliphatic rings. The number of fused-ring (bicyclic) bond motifs is 4. The van der Waals surface area contributed by atoms with Crippen molar-refractivity contribution < 1.29 is 0 Å². The van der Waals surface area contributed by atoms with E-state index in [1.165, 1.54) is 44.5 Å². The van der Waals surface area contributed by atoms with E-state index >= 15 is 0 Å². The second kappa shape index (κ2) is 28.7. The Morgan fingerprint density at radius 3 is 0.664 bits per heavy atom. The zero-order valence-electron chi connectivity index (χ0n) is 64.2. The highest BCUT2D eigenvalue weighted by molar-refractivity contribution is 5.80. The van der Waals surface area contributed by atoms with E-state index in [1.54, 1.807) is 12.7 Å². The molecule has 0 fully saturated rings. The van der Waals surface area contributed by atoms with Crippen LogP contribution in [-0.4, -0.2) is 59.8 Å². The minimum atomic E-state index is -0.868. The van der Waals surface area contributed by atoms with Crippen LogP contribution in [0.1, 0.15) is 94.5 Å². The average molecular weight is 1490 g/mol. The van der Waals surface area contributed by atoms with Gasteiger partial charge in [-0.05, 0) is 108 Å². The van der Waals surface area contributed by atoms with Crippen molar-refractivity contribution in [2.45, 2.75) is 49.4 Å². The quantitative estimate of drug-likeness (QED) is 0.0959. The smallest absolute Gasteiger partial charge is 0.164 e. The lowest BCUT2D eigenvalue weighted by atomic mass is 9.54. The van der Waals surface area contributed by atoms with E-state index in [2.05, 4.69) is 287 Å². The standard InChI is InChI=1S/C104H74N12/c1-101(2)83-48-17-21-52-87(83)103(88-53-22-18-49-84(88)101,79-44-26-40-75(61-79)93-107-65-105-91(109-93)68-30-9-5-10-31-68)80-45-27-41-76(62-80)94-108-66-106-92(110-94)72-58-56-67(57-59-72)73-38-25-39-74(60-73)98-112-97(71-36-15-8-16-37-71)115-100(116-98)78-43-29-47-82(64-78)104(89-54-23-19-50-85(89)102(3,4)86-51-20-24-55-90(86)104)81-46-28-42-77(63-81)99-113-95(69-32-11-6-12-33-69)111-96(114-99)70-34-13-7-14-35-70/h5-66H,1-4H3. The Morgan fingerprint density at radius 2 is 0.353 bits per heavy atom. The molecule has 0 saturated heterocycles. The van der Waals surface area contributed by atoms with Crippen LogP contribution >= 0.6 is 0 Å². The molecule has 0 radical (unpaired) electrons. The topological polar surface area (TPSA) is 155 Å². The van der Waals surface area contributed by atoms with Gasteiger partial charge >= 0.3 is 0 Å². The van der Waals surface area contributed by atoms with E-state index < -0.39 is 10.8 Å². The molecular weight excluding hydrogens is 1420 g/mol. The summed E-state index contributed by atoms with van der Waals surface area (Å²) in [5.74, 6) is 5.71. The van der Waals surface area contributed by atoms with Gasteiger partial charge in [0, 0.05) is 66.5 Å². The fourth-order valence-electron chi connectivity index (χ4n) is 17.8. The van der Waals surface area contributed by atoms with Gasteiger partial charge in [-0.1, -0.05) is 361 Å². The molecule has 20 rings (SSSR count). The van der Waals surface area contributed by atoms with Crippen LogP contribution in [0.4, 0.5) is 0 Å². The van der Waals surface area contributed by atoms with Crippen molar-refractivity contribution in [3.05, 3.63) is 443 Å². The molecule has 0 bridgehead atoms. The number of nitrogens with zero attached hydrogens (tertiary/aromatic N) is 12. The van der Waals surface area contributed by atoms with Gasteiger partial charge in [0.2, 0.25) is 0 Å². The Balaban J connectivity index is 0.657. The van der Waals surface area contributed by atoms with Crippen molar-refractivity contribution in [3.63, 3.8) is 0 Å². The monoisotopic (exact) mass is 1490 g/mol. The molecule has 0 amide bonds. The second-order valence-corrected chi connectivity index (χ2v) is 30.8. The van der Waals surface area contributed by atoms with Crippen LogP contribution in [0.2, 0.25) is 0 Å². The Hall–Kier alpha value is -14.9. The molecular formula is C104H74N12. The number of rotatable bonds is 15.